The molecule has 0 amide bonds. The number of aliphatic hydroxyl groups excluding tert-OH is 1. The molecule has 1 aliphatic heterocycles. The number of aliphatic hydroxyl groups is 1. The zero-order chi connectivity index (χ0) is 15.4. The first-order chi connectivity index (χ1) is 10.9. The van der Waals surface area contributed by atoms with Gasteiger partial charge in [0, 0.05) is 26.4 Å². The summed E-state index contributed by atoms with van der Waals surface area (Å²) in [6.07, 6.45) is 7.72. The minimum atomic E-state index is 0.771. The summed E-state index contributed by atoms with van der Waals surface area (Å²) in [7, 11) is 1.00. The molecule has 8 nitrogen and oxygen atoms in total. The molecule has 0 unspecified atom stereocenters. The summed E-state index contributed by atoms with van der Waals surface area (Å²) in [6.45, 7) is 2.05. The first-order valence-electron chi connectivity index (χ1n) is 7.20. The molecule has 116 valence electrons. The average molecular weight is 301 g/mol. The summed E-state index contributed by atoms with van der Waals surface area (Å²) < 4.78 is 1.86. The number of nitrogens with one attached hydrogen (secondary N) is 2. The normalized spacial score (nSPS) is 14.0. The minimum absolute atomic E-state index is 0.771. The van der Waals surface area contributed by atoms with Crippen LogP contribution in [0.4, 0.5) is 17.6 Å². The van der Waals surface area contributed by atoms with Gasteiger partial charge in [-0.05, 0) is 25.0 Å². The van der Waals surface area contributed by atoms with Crippen LogP contribution in [0.15, 0.2) is 30.9 Å². The van der Waals surface area contributed by atoms with E-state index in [-0.39, 0.29) is 0 Å². The van der Waals surface area contributed by atoms with E-state index >= 15 is 0 Å². The molecule has 3 aromatic heterocycles. The third kappa shape index (κ3) is 2.73. The second-order valence-corrected chi connectivity index (χ2v) is 4.88. The fraction of sp³-hybridized carbons (Fsp3) is 0.357. The third-order valence-electron chi connectivity index (χ3n) is 3.52. The molecule has 4 heterocycles. The lowest BCUT2D eigenvalue weighted by molar-refractivity contribution is 0.399. The molecule has 0 radical (unpaired) electrons. The van der Waals surface area contributed by atoms with E-state index in [4.69, 9.17) is 5.11 Å². The van der Waals surface area contributed by atoms with Gasteiger partial charge in [0.2, 0.25) is 5.95 Å². The predicted octanol–water partition coefficient (Wildman–Crippen LogP) is 1.40. The van der Waals surface area contributed by atoms with Crippen molar-refractivity contribution in [3.8, 4) is 0 Å². The highest BCUT2D eigenvalue weighted by atomic mass is 16.2. The van der Waals surface area contributed by atoms with E-state index in [1.165, 1.54) is 12.8 Å². The number of anilines is 3. The summed E-state index contributed by atoms with van der Waals surface area (Å²) in [5.74, 6) is 2.38. The van der Waals surface area contributed by atoms with Crippen molar-refractivity contribution in [2.24, 2.45) is 0 Å². The molecule has 1 saturated heterocycles. The number of rotatable bonds is 3. The van der Waals surface area contributed by atoms with Gasteiger partial charge in [-0.1, -0.05) is 0 Å². The second-order valence-electron chi connectivity index (χ2n) is 4.88. The highest BCUT2D eigenvalue weighted by Gasteiger charge is 2.17. The van der Waals surface area contributed by atoms with Crippen LogP contribution in [-0.2, 0) is 0 Å². The Labute approximate surface area is 127 Å². The quantitative estimate of drug-likeness (QED) is 0.677. The maximum atomic E-state index is 7.00. The van der Waals surface area contributed by atoms with E-state index in [1.807, 2.05) is 22.8 Å². The van der Waals surface area contributed by atoms with Crippen molar-refractivity contribution in [1.82, 2.24) is 24.6 Å². The maximum absolute atomic E-state index is 7.00. The lowest BCUT2D eigenvalue weighted by atomic mass is 10.4. The number of aromatic nitrogens is 5. The van der Waals surface area contributed by atoms with E-state index < -0.39 is 0 Å². The van der Waals surface area contributed by atoms with Gasteiger partial charge in [0.25, 0.3) is 0 Å². The van der Waals surface area contributed by atoms with Crippen LogP contribution in [0.5, 0.6) is 0 Å². The van der Waals surface area contributed by atoms with Gasteiger partial charge in [-0.3, -0.25) is 0 Å². The van der Waals surface area contributed by atoms with Gasteiger partial charge in [0.05, 0.1) is 12.5 Å². The van der Waals surface area contributed by atoms with Gasteiger partial charge in [-0.25, -0.2) is 9.50 Å². The van der Waals surface area contributed by atoms with Crippen molar-refractivity contribution in [3.63, 3.8) is 0 Å². The number of imidazole rings is 1. The van der Waals surface area contributed by atoms with Crippen LogP contribution in [0.3, 0.4) is 0 Å². The summed E-state index contributed by atoms with van der Waals surface area (Å²) in [5.41, 5.74) is 0.947. The van der Waals surface area contributed by atoms with Crippen LogP contribution < -0.4 is 10.2 Å². The monoisotopic (exact) mass is 301 g/mol. The highest BCUT2D eigenvalue weighted by molar-refractivity contribution is 5.72. The van der Waals surface area contributed by atoms with Gasteiger partial charge in [0.15, 0.2) is 5.82 Å². The number of hydrogen-bond donors (Lipinski definition) is 3. The number of H-pyrrole nitrogens is 1. The summed E-state index contributed by atoms with van der Waals surface area (Å²) in [5, 5.41) is 14.8. The van der Waals surface area contributed by atoms with Gasteiger partial charge in [-0.15, -0.1) is 5.10 Å². The minimum Gasteiger partial charge on any atom is -0.400 e. The fourth-order valence-corrected chi connectivity index (χ4v) is 2.52. The van der Waals surface area contributed by atoms with Gasteiger partial charge >= 0.3 is 0 Å². The molecule has 0 aromatic carbocycles. The molecule has 22 heavy (non-hydrogen) atoms. The smallest absolute Gasteiger partial charge is 0.245 e. The van der Waals surface area contributed by atoms with Crippen LogP contribution in [0.25, 0.3) is 5.52 Å². The number of aromatic amines is 1. The molecule has 1 fully saturated rings. The van der Waals surface area contributed by atoms with Crippen LogP contribution >= 0.6 is 0 Å². The number of nitrogens with zero attached hydrogens (tertiary/aromatic N) is 5. The SMILES string of the molecule is CO.c1cc2c(Nc3cnc[nH]3)nc(N3CCCC3)nn2c1. The average Bonchev–Trinajstić information content (AvgIpc) is 3.31. The molecule has 8 heteroatoms. The first-order valence-corrected chi connectivity index (χ1v) is 7.20. The number of fused-ring (bicyclic) bond motifs is 1. The molecule has 0 atom stereocenters. The summed E-state index contributed by atoms with van der Waals surface area (Å²) in [4.78, 5) is 13.9. The largest absolute Gasteiger partial charge is 0.400 e. The molecule has 3 N–H and O–H groups in total. The predicted molar refractivity (Wildman–Crippen MR) is 84.4 cm³/mol. The zero-order valence-corrected chi connectivity index (χ0v) is 12.4. The lowest BCUT2D eigenvalue weighted by Gasteiger charge is -2.16. The topological polar surface area (TPSA) is 94.4 Å². The fourth-order valence-electron chi connectivity index (χ4n) is 2.52. The Hall–Kier alpha value is -2.61. The zero-order valence-electron chi connectivity index (χ0n) is 12.4. The molecule has 0 saturated carbocycles. The first kappa shape index (κ1) is 14.3. The van der Waals surface area contributed by atoms with Gasteiger partial charge in [0.1, 0.15) is 11.3 Å². The van der Waals surface area contributed by atoms with E-state index in [2.05, 4.69) is 30.3 Å². The van der Waals surface area contributed by atoms with Crippen molar-refractivity contribution in [3.05, 3.63) is 30.9 Å². The molecule has 0 aliphatic carbocycles. The highest BCUT2D eigenvalue weighted by Crippen LogP contribution is 2.23. The van der Waals surface area contributed by atoms with Crippen LogP contribution in [0.1, 0.15) is 12.8 Å². The molecule has 3 aromatic rings. The van der Waals surface area contributed by atoms with E-state index in [0.717, 1.165) is 43.3 Å². The van der Waals surface area contributed by atoms with Crippen molar-refractivity contribution in [2.75, 3.05) is 30.4 Å². The Morgan fingerprint density at radius 3 is 2.82 bits per heavy atom. The molecular weight excluding hydrogens is 282 g/mol. The number of hydrogen-bond acceptors (Lipinski definition) is 6. The lowest BCUT2D eigenvalue weighted by Crippen LogP contribution is -2.22. The summed E-state index contributed by atoms with van der Waals surface area (Å²) >= 11 is 0. The standard InChI is InChI=1S/C13H15N7.CH4O/c1-2-6-19(5-1)13-17-12(16-11-8-14-9-15-11)10-4-3-7-20(10)18-13;1-2/h3-4,7-9H,1-2,5-6H2,(H,14,15)(H,16,17,18);2H,1H3. The Balaban J connectivity index is 0.000000693. The van der Waals surface area contributed by atoms with Crippen LogP contribution in [0.2, 0.25) is 0 Å². The Bertz CT molecular complexity index is 716. The van der Waals surface area contributed by atoms with Crippen LogP contribution in [-0.4, -0.2) is 49.9 Å². The van der Waals surface area contributed by atoms with Crippen LogP contribution in [0, 0.1) is 0 Å². The molecule has 0 spiro atoms. The van der Waals surface area contributed by atoms with E-state index in [9.17, 15) is 0 Å². The third-order valence-corrected chi connectivity index (χ3v) is 3.52. The van der Waals surface area contributed by atoms with Crippen molar-refractivity contribution in [1.29, 1.82) is 0 Å². The van der Waals surface area contributed by atoms with E-state index in [1.54, 1.807) is 12.5 Å². The Morgan fingerprint density at radius 2 is 2.09 bits per heavy atom. The molecule has 1 aliphatic rings. The van der Waals surface area contributed by atoms with Gasteiger partial charge in [-0.2, -0.15) is 4.98 Å². The Morgan fingerprint density at radius 1 is 1.27 bits per heavy atom. The van der Waals surface area contributed by atoms with Crippen molar-refractivity contribution < 1.29 is 5.11 Å². The van der Waals surface area contributed by atoms with Crippen molar-refractivity contribution in [2.45, 2.75) is 12.8 Å². The Kier molecular flexibility index (Phi) is 4.19. The van der Waals surface area contributed by atoms with Gasteiger partial charge < -0.3 is 20.3 Å². The summed E-state index contributed by atoms with van der Waals surface area (Å²) in [6, 6.07) is 3.96. The molecular formula is C14H19N7O. The molecule has 0 bridgehead atoms. The van der Waals surface area contributed by atoms with Crippen molar-refractivity contribution >= 4 is 23.1 Å². The molecule has 4 rings (SSSR count). The maximum Gasteiger partial charge on any atom is 0.245 e. The second kappa shape index (κ2) is 6.44. The van der Waals surface area contributed by atoms with E-state index in [0.29, 0.717) is 0 Å².